The molecule has 1 fully saturated rings. The van der Waals surface area contributed by atoms with Gasteiger partial charge in [0.15, 0.2) is 0 Å². The molecule has 0 saturated carbocycles. The molecule has 1 saturated heterocycles. The van der Waals surface area contributed by atoms with Crippen LogP contribution in [0.5, 0.6) is 0 Å². The molecule has 3 unspecified atom stereocenters. The van der Waals surface area contributed by atoms with Crippen LogP contribution in [0.4, 0.5) is 10.1 Å². The van der Waals surface area contributed by atoms with E-state index in [0.717, 1.165) is 30.7 Å². The minimum Gasteiger partial charge on any atom is -0.378 e. The fourth-order valence-corrected chi connectivity index (χ4v) is 4.08. The van der Waals surface area contributed by atoms with E-state index in [4.69, 9.17) is 4.74 Å². The van der Waals surface area contributed by atoms with Crippen LogP contribution in [0, 0.1) is 11.7 Å². The van der Waals surface area contributed by atoms with E-state index in [1.807, 2.05) is 6.07 Å². The summed E-state index contributed by atoms with van der Waals surface area (Å²) in [4.78, 5) is 0. The molecule has 0 aromatic heterocycles. The van der Waals surface area contributed by atoms with E-state index in [1.54, 1.807) is 12.1 Å². The third kappa shape index (κ3) is 2.71. The average Bonchev–Trinajstić information content (AvgIpc) is 2.60. The summed E-state index contributed by atoms with van der Waals surface area (Å²) in [6, 6.07) is 13.7. The number of fused-ring (bicyclic) bond motifs is 3. The van der Waals surface area contributed by atoms with Gasteiger partial charge >= 0.3 is 0 Å². The fraction of sp³-hybridized carbons (Fsp3) is 0.429. The van der Waals surface area contributed by atoms with Gasteiger partial charge in [-0.25, -0.2) is 4.39 Å². The van der Waals surface area contributed by atoms with Gasteiger partial charge in [-0.1, -0.05) is 38.1 Å². The Hall–Kier alpha value is -1.87. The maximum absolute atomic E-state index is 13.7. The first-order chi connectivity index (χ1) is 11.6. The Morgan fingerprint density at radius 2 is 2.04 bits per heavy atom. The summed E-state index contributed by atoms with van der Waals surface area (Å²) in [6.07, 6.45) is 2.26. The maximum atomic E-state index is 13.7. The highest BCUT2D eigenvalue weighted by atomic mass is 19.1. The van der Waals surface area contributed by atoms with Gasteiger partial charge in [0, 0.05) is 23.8 Å². The third-order valence-corrected chi connectivity index (χ3v) is 5.36. The molecule has 126 valence electrons. The smallest absolute Gasteiger partial charge is 0.123 e. The molecule has 3 heteroatoms. The Kier molecular flexibility index (Phi) is 4.05. The Labute approximate surface area is 143 Å². The highest BCUT2D eigenvalue weighted by Crippen LogP contribution is 2.49. The van der Waals surface area contributed by atoms with E-state index in [9.17, 15) is 4.39 Å². The second-order valence-electron chi connectivity index (χ2n) is 7.28. The summed E-state index contributed by atoms with van der Waals surface area (Å²) < 4.78 is 19.9. The minimum absolute atomic E-state index is 0.0990. The molecular formula is C21H24FNO. The van der Waals surface area contributed by atoms with Crippen LogP contribution in [0.25, 0.3) is 0 Å². The van der Waals surface area contributed by atoms with Gasteiger partial charge in [-0.2, -0.15) is 0 Å². The number of ether oxygens (including phenoxy) is 1. The minimum atomic E-state index is -0.177. The zero-order valence-corrected chi connectivity index (χ0v) is 14.3. The van der Waals surface area contributed by atoms with E-state index in [2.05, 4.69) is 37.4 Å². The standard InChI is InChI=1S/C21H24FNO/c1-13(2)14-8-9-19-18(12-14)21-17(7-4-10-24-21)20(23-19)15-5-3-6-16(22)11-15/h3,5-6,8-9,11-13,17,20-21,23H,4,7,10H2,1-2H3. The molecule has 0 amide bonds. The summed E-state index contributed by atoms with van der Waals surface area (Å²) in [6.45, 7) is 5.24. The Morgan fingerprint density at radius 3 is 2.83 bits per heavy atom. The summed E-state index contributed by atoms with van der Waals surface area (Å²) in [5.41, 5.74) is 4.73. The number of nitrogens with one attached hydrogen (secondary N) is 1. The Bertz CT molecular complexity index is 742. The van der Waals surface area contributed by atoms with Crippen LogP contribution in [0.15, 0.2) is 42.5 Å². The molecular weight excluding hydrogens is 301 g/mol. The lowest BCUT2D eigenvalue weighted by Gasteiger charge is -2.43. The number of anilines is 1. The van der Waals surface area contributed by atoms with Gasteiger partial charge in [0.1, 0.15) is 5.82 Å². The van der Waals surface area contributed by atoms with Crippen molar-refractivity contribution in [3.8, 4) is 0 Å². The molecule has 0 aliphatic carbocycles. The van der Waals surface area contributed by atoms with Crippen LogP contribution in [0.3, 0.4) is 0 Å². The van der Waals surface area contributed by atoms with Gasteiger partial charge in [0.2, 0.25) is 0 Å². The zero-order chi connectivity index (χ0) is 16.7. The number of benzene rings is 2. The van der Waals surface area contributed by atoms with Crippen molar-refractivity contribution in [3.63, 3.8) is 0 Å². The highest BCUT2D eigenvalue weighted by molar-refractivity contribution is 5.58. The quantitative estimate of drug-likeness (QED) is 0.778. The van der Waals surface area contributed by atoms with E-state index in [1.165, 1.54) is 17.2 Å². The predicted octanol–water partition coefficient (Wildman–Crippen LogP) is 5.58. The summed E-state index contributed by atoms with van der Waals surface area (Å²) in [5, 5.41) is 3.66. The lowest BCUT2D eigenvalue weighted by molar-refractivity contribution is -0.0382. The van der Waals surface area contributed by atoms with Gasteiger partial charge in [-0.15, -0.1) is 0 Å². The van der Waals surface area contributed by atoms with Gasteiger partial charge < -0.3 is 10.1 Å². The molecule has 2 aliphatic heterocycles. The molecule has 0 bridgehead atoms. The summed E-state index contributed by atoms with van der Waals surface area (Å²) in [7, 11) is 0. The zero-order valence-electron chi connectivity index (χ0n) is 14.3. The monoisotopic (exact) mass is 325 g/mol. The van der Waals surface area contributed by atoms with Crippen molar-refractivity contribution in [1.82, 2.24) is 0 Å². The SMILES string of the molecule is CC(C)c1ccc2c(c1)C1OCCCC1C(c1cccc(F)c1)N2. The summed E-state index contributed by atoms with van der Waals surface area (Å²) >= 11 is 0. The molecule has 2 aromatic rings. The number of halogens is 1. The van der Waals surface area contributed by atoms with Gasteiger partial charge in [-0.3, -0.25) is 0 Å². The third-order valence-electron chi connectivity index (χ3n) is 5.36. The first kappa shape index (κ1) is 15.6. The lowest BCUT2D eigenvalue weighted by Crippen LogP contribution is -2.36. The van der Waals surface area contributed by atoms with Crippen LogP contribution in [0.2, 0.25) is 0 Å². The van der Waals surface area contributed by atoms with Gasteiger partial charge in [0.05, 0.1) is 12.1 Å². The molecule has 0 spiro atoms. The molecule has 24 heavy (non-hydrogen) atoms. The largest absolute Gasteiger partial charge is 0.378 e. The molecule has 2 aromatic carbocycles. The normalized spacial score (nSPS) is 25.8. The van der Waals surface area contributed by atoms with Crippen LogP contribution >= 0.6 is 0 Å². The summed E-state index contributed by atoms with van der Waals surface area (Å²) in [5.74, 6) is 0.664. The maximum Gasteiger partial charge on any atom is 0.123 e. The predicted molar refractivity (Wildman–Crippen MR) is 94.7 cm³/mol. The van der Waals surface area contributed by atoms with Crippen LogP contribution in [-0.2, 0) is 4.74 Å². The van der Waals surface area contributed by atoms with Gasteiger partial charge in [-0.05, 0) is 48.1 Å². The molecule has 4 rings (SSSR count). The molecule has 0 radical (unpaired) electrons. The van der Waals surface area contributed by atoms with Crippen molar-refractivity contribution in [2.75, 3.05) is 11.9 Å². The van der Waals surface area contributed by atoms with Crippen LogP contribution in [0.1, 0.15) is 61.4 Å². The van der Waals surface area contributed by atoms with Crippen molar-refractivity contribution in [2.24, 2.45) is 5.92 Å². The van der Waals surface area contributed by atoms with Crippen LogP contribution in [-0.4, -0.2) is 6.61 Å². The second kappa shape index (κ2) is 6.21. The van der Waals surface area contributed by atoms with E-state index >= 15 is 0 Å². The lowest BCUT2D eigenvalue weighted by atomic mass is 9.77. The van der Waals surface area contributed by atoms with Crippen molar-refractivity contribution in [3.05, 3.63) is 65.0 Å². The van der Waals surface area contributed by atoms with E-state index in [0.29, 0.717) is 11.8 Å². The average molecular weight is 325 g/mol. The molecule has 2 nitrogen and oxygen atoms in total. The molecule has 2 aliphatic rings. The van der Waals surface area contributed by atoms with E-state index in [-0.39, 0.29) is 18.0 Å². The van der Waals surface area contributed by atoms with Crippen molar-refractivity contribution >= 4 is 5.69 Å². The number of hydrogen-bond donors (Lipinski definition) is 1. The Morgan fingerprint density at radius 1 is 1.17 bits per heavy atom. The van der Waals surface area contributed by atoms with Crippen molar-refractivity contribution < 1.29 is 9.13 Å². The first-order valence-corrected chi connectivity index (χ1v) is 8.91. The molecule has 1 N–H and O–H groups in total. The molecule has 2 heterocycles. The Balaban J connectivity index is 1.77. The fourth-order valence-electron chi connectivity index (χ4n) is 4.08. The number of hydrogen-bond acceptors (Lipinski definition) is 2. The van der Waals surface area contributed by atoms with Crippen molar-refractivity contribution in [1.29, 1.82) is 0 Å². The topological polar surface area (TPSA) is 21.3 Å². The second-order valence-corrected chi connectivity index (χ2v) is 7.28. The van der Waals surface area contributed by atoms with E-state index < -0.39 is 0 Å². The highest BCUT2D eigenvalue weighted by Gasteiger charge is 2.39. The first-order valence-electron chi connectivity index (χ1n) is 8.91. The van der Waals surface area contributed by atoms with Gasteiger partial charge in [0.25, 0.3) is 0 Å². The van der Waals surface area contributed by atoms with Crippen molar-refractivity contribution in [2.45, 2.75) is 44.8 Å². The van der Waals surface area contributed by atoms with Crippen LogP contribution < -0.4 is 5.32 Å². The number of rotatable bonds is 2. The molecule has 3 atom stereocenters.